The third kappa shape index (κ3) is 3.78. The van der Waals surface area contributed by atoms with Crippen molar-refractivity contribution in [1.29, 1.82) is 0 Å². The average Bonchev–Trinajstić information content (AvgIpc) is 2.34. The van der Waals surface area contributed by atoms with Gasteiger partial charge in [0.2, 0.25) is 0 Å². The Balaban J connectivity index is 3.01. The molecular weight excluding hydrogens is 254 g/mol. The Hall–Kier alpha value is -1.46. The maximum absolute atomic E-state index is 9.29. The first kappa shape index (κ1) is 14.6. The highest BCUT2D eigenvalue weighted by atomic mass is 35.5. The van der Waals surface area contributed by atoms with Crippen molar-refractivity contribution < 1.29 is 10.3 Å². The summed E-state index contributed by atoms with van der Waals surface area (Å²) >= 11 is 5.95. The van der Waals surface area contributed by atoms with Gasteiger partial charge in [-0.2, -0.15) is 0 Å². The number of amidine groups is 1. The third-order valence-electron chi connectivity index (χ3n) is 2.64. The first-order valence-electron chi connectivity index (χ1n) is 5.62. The summed E-state index contributed by atoms with van der Waals surface area (Å²) in [6.45, 7) is 2.37. The van der Waals surface area contributed by atoms with Crippen molar-refractivity contribution in [3.05, 3.63) is 28.8 Å². The summed E-state index contributed by atoms with van der Waals surface area (Å²) in [6.07, 6.45) is 0.248. The number of hydrogen-bond donors (Lipinski definition) is 3. The molecule has 6 heteroatoms. The van der Waals surface area contributed by atoms with E-state index in [0.717, 1.165) is 5.69 Å². The summed E-state index contributed by atoms with van der Waals surface area (Å²) in [5.74, 6) is 0.0329. The molecule has 0 saturated heterocycles. The zero-order valence-corrected chi connectivity index (χ0v) is 11.2. The lowest BCUT2D eigenvalue weighted by Crippen LogP contribution is -2.25. The molecule has 1 atom stereocenters. The second-order valence-electron chi connectivity index (χ2n) is 4.21. The van der Waals surface area contributed by atoms with E-state index in [0.29, 0.717) is 23.6 Å². The first-order valence-corrected chi connectivity index (χ1v) is 6.00. The Kier molecular flexibility index (Phi) is 5.25. The van der Waals surface area contributed by atoms with Gasteiger partial charge in [0.1, 0.15) is 0 Å². The van der Waals surface area contributed by atoms with Crippen molar-refractivity contribution >= 4 is 23.1 Å². The monoisotopic (exact) mass is 271 g/mol. The van der Waals surface area contributed by atoms with Gasteiger partial charge in [-0.3, -0.25) is 0 Å². The lowest BCUT2D eigenvalue weighted by atomic mass is 10.1. The Morgan fingerprint density at radius 3 is 2.78 bits per heavy atom. The lowest BCUT2D eigenvalue weighted by Gasteiger charge is -2.23. The fraction of sp³-hybridized carbons (Fsp3) is 0.417. The molecule has 0 aromatic heterocycles. The average molecular weight is 272 g/mol. The molecule has 0 aliphatic heterocycles. The largest absolute Gasteiger partial charge is 0.409 e. The number of benzene rings is 1. The zero-order valence-electron chi connectivity index (χ0n) is 10.5. The zero-order chi connectivity index (χ0) is 13.7. The van der Waals surface area contributed by atoms with Crippen LogP contribution < -0.4 is 10.6 Å². The summed E-state index contributed by atoms with van der Waals surface area (Å²) in [5, 5.41) is 21.6. The fourth-order valence-electron chi connectivity index (χ4n) is 1.59. The summed E-state index contributed by atoms with van der Waals surface area (Å²) in [5.41, 5.74) is 6.99. The predicted molar refractivity (Wildman–Crippen MR) is 73.5 cm³/mol. The minimum atomic E-state index is -0.376. The minimum Gasteiger partial charge on any atom is -0.409 e. The highest BCUT2D eigenvalue weighted by Crippen LogP contribution is 2.24. The molecular formula is C12H18ClN3O2. The van der Waals surface area contributed by atoms with Crippen molar-refractivity contribution in [3.63, 3.8) is 0 Å². The van der Waals surface area contributed by atoms with Gasteiger partial charge in [0.25, 0.3) is 0 Å². The predicted octanol–water partition coefficient (Wildman–Crippen LogP) is 1.64. The van der Waals surface area contributed by atoms with E-state index in [-0.39, 0.29) is 11.9 Å². The second-order valence-corrected chi connectivity index (χ2v) is 4.64. The van der Waals surface area contributed by atoms with E-state index >= 15 is 0 Å². The molecule has 18 heavy (non-hydrogen) atoms. The van der Waals surface area contributed by atoms with Gasteiger partial charge in [0, 0.05) is 29.9 Å². The van der Waals surface area contributed by atoms with Crippen LogP contribution in [0, 0.1) is 0 Å². The molecule has 1 rings (SSSR count). The van der Waals surface area contributed by atoms with Crippen LogP contribution in [0.5, 0.6) is 0 Å². The van der Waals surface area contributed by atoms with E-state index in [1.807, 2.05) is 11.9 Å². The molecule has 1 aromatic carbocycles. The van der Waals surface area contributed by atoms with Gasteiger partial charge in [-0.15, -0.1) is 0 Å². The summed E-state index contributed by atoms with van der Waals surface area (Å²) < 4.78 is 0. The molecule has 1 unspecified atom stereocenters. The van der Waals surface area contributed by atoms with Crippen molar-refractivity contribution in [2.24, 2.45) is 10.9 Å². The van der Waals surface area contributed by atoms with Crippen LogP contribution in [0.15, 0.2) is 23.4 Å². The lowest BCUT2D eigenvalue weighted by molar-refractivity contribution is 0.187. The van der Waals surface area contributed by atoms with Gasteiger partial charge in [-0.1, -0.05) is 16.8 Å². The number of rotatable bonds is 5. The van der Waals surface area contributed by atoms with E-state index in [4.69, 9.17) is 22.5 Å². The molecule has 0 aliphatic carbocycles. The molecule has 0 fully saturated rings. The molecule has 5 nitrogen and oxygen atoms in total. The summed E-state index contributed by atoms with van der Waals surface area (Å²) in [4.78, 5) is 1.91. The Bertz CT molecular complexity index is 435. The van der Waals surface area contributed by atoms with Crippen LogP contribution in [0.4, 0.5) is 5.69 Å². The van der Waals surface area contributed by atoms with Gasteiger partial charge in [-0.25, -0.2) is 0 Å². The second kappa shape index (κ2) is 6.47. The van der Waals surface area contributed by atoms with E-state index in [1.165, 1.54) is 0 Å². The molecule has 4 N–H and O–H groups in total. The topological polar surface area (TPSA) is 82.1 Å². The Labute approximate surface area is 111 Å². The number of nitrogens with two attached hydrogens (primary N) is 1. The number of anilines is 1. The fourth-order valence-corrected chi connectivity index (χ4v) is 1.76. The van der Waals surface area contributed by atoms with Crippen LogP contribution in [-0.4, -0.2) is 35.8 Å². The molecule has 0 spiro atoms. The normalized spacial score (nSPS) is 13.4. The molecule has 0 radical (unpaired) electrons. The van der Waals surface area contributed by atoms with Gasteiger partial charge >= 0.3 is 0 Å². The van der Waals surface area contributed by atoms with Gasteiger partial charge < -0.3 is 20.9 Å². The Morgan fingerprint density at radius 2 is 2.22 bits per heavy atom. The Morgan fingerprint density at radius 1 is 1.56 bits per heavy atom. The van der Waals surface area contributed by atoms with Crippen LogP contribution in [0.3, 0.4) is 0 Å². The number of aliphatic hydroxyl groups is 1. The van der Waals surface area contributed by atoms with Gasteiger partial charge in [0.05, 0.1) is 6.10 Å². The van der Waals surface area contributed by atoms with E-state index in [9.17, 15) is 5.11 Å². The maximum Gasteiger partial charge on any atom is 0.172 e. The first-order chi connectivity index (χ1) is 8.45. The van der Waals surface area contributed by atoms with Crippen LogP contribution in [0.1, 0.15) is 18.9 Å². The van der Waals surface area contributed by atoms with Crippen molar-refractivity contribution in [1.82, 2.24) is 0 Å². The van der Waals surface area contributed by atoms with Crippen molar-refractivity contribution in [2.45, 2.75) is 19.4 Å². The van der Waals surface area contributed by atoms with Crippen LogP contribution in [-0.2, 0) is 0 Å². The van der Waals surface area contributed by atoms with Crippen LogP contribution >= 0.6 is 11.6 Å². The number of oxime groups is 1. The van der Waals surface area contributed by atoms with Crippen LogP contribution in [0.2, 0.25) is 5.02 Å². The number of nitrogens with zero attached hydrogens (tertiary/aromatic N) is 2. The maximum atomic E-state index is 9.29. The molecule has 100 valence electrons. The number of hydrogen-bond acceptors (Lipinski definition) is 4. The standard InChI is InChI=1S/C12H18ClN3O2/c1-8(17)5-6-16(2)11-7-9(13)3-4-10(11)12(14)15-18/h3-4,7-8,17-18H,5-6H2,1-2H3,(H2,14,15). The number of halogens is 1. The van der Waals surface area contributed by atoms with Gasteiger partial charge in [0.15, 0.2) is 5.84 Å². The highest BCUT2D eigenvalue weighted by Gasteiger charge is 2.12. The summed E-state index contributed by atoms with van der Waals surface area (Å²) in [6, 6.07) is 5.13. The van der Waals surface area contributed by atoms with Gasteiger partial charge in [-0.05, 0) is 31.5 Å². The molecule has 1 aromatic rings. The molecule has 0 aliphatic rings. The molecule has 0 heterocycles. The minimum absolute atomic E-state index is 0.0329. The number of aliphatic hydroxyl groups excluding tert-OH is 1. The van der Waals surface area contributed by atoms with Crippen molar-refractivity contribution in [3.8, 4) is 0 Å². The molecule has 0 amide bonds. The quantitative estimate of drug-likeness (QED) is 0.329. The van der Waals surface area contributed by atoms with E-state index in [1.54, 1.807) is 25.1 Å². The van der Waals surface area contributed by atoms with Crippen LogP contribution in [0.25, 0.3) is 0 Å². The molecule has 0 bridgehead atoms. The third-order valence-corrected chi connectivity index (χ3v) is 2.87. The summed E-state index contributed by atoms with van der Waals surface area (Å²) in [7, 11) is 1.86. The molecule has 0 saturated carbocycles. The van der Waals surface area contributed by atoms with Crippen molar-refractivity contribution in [2.75, 3.05) is 18.5 Å². The van der Waals surface area contributed by atoms with E-state index in [2.05, 4.69) is 5.16 Å². The van der Waals surface area contributed by atoms with E-state index < -0.39 is 0 Å². The SMILES string of the molecule is CC(O)CCN(C)c1cc(Cl)ccc1/C(N)=N/O. The highest BCUT2D eigenvalue weighted by molar-refractivity contribution is 6.31. The smallest absolute Gasteiger partial charge is 0.172 e.